The molecule has 0 spiro atoms. The number of aromatic nitrogens is 3. The summed E-state index contributed by atoms with van der Waals surface area (Å²) in [4.78, 5) is 8.42. The van der Waals surface area contributed by atoms with Gasteiger partial charge in [-0.25, -0.2) is 4.98 Å². The molecule has 0 aliphatic rings. The summed E-state index contributed by atoms with van der Waals surface area (Å²) >= 11 is 1.71. The van der Waals surface area contributed by atoms with Gasteiger partial charge in [0.2, 0.25) is 0 Å². The summed E-state index contributed by atoms with van der Waals surface area (Å²) in [5.41, 5.74) is 7.70. The van der Waals surface area contributed by atoms with Crippen LogP contribution < -0.4 is 5.73 Å². The maximum atomic E-state index is 5.55. The van der Waals surface area contributed by atoms with Crippen LogP contribution in [0.3, 0.4) is 0 Å². The molecule has 0 amide bonds. The molecule has 0 saturated carbocycles. The molecular weight excluding hydrogens is 220 g/mol. The van der Waals surface area contributed by atoms with Crippen LogP contribution in [0.2, 0.25) is 0 Å². The second kappa shape index (κ2) is 5.14. The highest BCUT2D eigenvalue weighted by Gasteiger charge is 2.01. The van der Waals surface area contributed by atoms with Gasteiger partial charge < -0.3 is 10.3 Å². The Balaban J connectivity index is 2.02. The van der Waals surface area contributed by atoms with E-state index < -0.39 is 0 Å². The molecule has 0 fully saturated rings. The zero-order valence-electron chi connectivity index (χ0n) is 9.13. The normalized spacial score (nSPS) is 10.6. The third-order valence-electron chi connectivity index (χ3n) is 2.24. The van der Waals surface area contributed by atoms with Crippen molar-refractivity contribution >= 4 is 11.8 Å². The molecule has 2 N–H and O–H groups in total. The number of aryl methyl sites for hydroxylation is 1. The van der Waals surface area contributed by atoms with E-state index in [1.54, 1.807) is 24.2 Å². The third kappa shape index (κ3) is 2.62. The molecule has 0 atom stereocenters. The van der Waals surface area contributed by atoms with E-state index in [0.29, 0.717) is 6.54 Å². The van der Waals surface area contributed by atoms with Gasteiger partial charge in [0.1, 0.15) is 0 Å². The Hall–Kier alpha value is -1.33. The lowest BCUT2D eigenvalue weighted by atomic mass is 10.2. The molecule has 5 heteroatoms. The number of nitrogens with zero attached hydrogens (tertiary/aromatic N) is 3. The number of hydrogen-bond acceptors (Lipinski definition) is 4. The van der Waals surface area contributed by atoms with Crippen molar-refractivity contribution in [2.45, 2.75) is 17.5 Å². The number of thioether (sulfide) groups is 1. The van der Waals surface area contributed by atoms with Crippen molar-refractivity contribution < 1.29 is 0 Å². The molecule has 4 nitrogen and oxygen atoms in total. The first-order valence-corrected chi connectivity index (χ1v) is 6.02. The molecule has 0 aliphatic heterocycles. The second-order valence-corrected chi connectivity index (χ2v) is 4.41. The van der Waals surface area contributed by atoms with E-state index in [1.807, 2.05) is 29.9 Å². The molecular formula is C11H14N4S. The van der Waals surface area contributed by atoms with Crippen molar-refractivity contribution in [1.29, 1.82) is 0 Å². The highest BCUT2D eigenvalue weighted by Crippen LogP contribution is 2.20. The molecule has 2 heterocycles. The van der Waals surface area contributed by atoms with Gasteiger partial charge >= 0.3 is 0 Å². The maximum Gasteiger partial charge on any atom is 0.167 e. The number of nitrogens with two attached hydrogens (primary N) is 1. The SMILES string of the molecule is Cn1ccnc1SCc1ccnc(CN)c1. The van der Waals surface area contributed by atoms with Crippen LogP contribution in [0.1, 0.15) is 11.3 Å². The van der Waals surface area contributed by atoms with Gasteiger partial charge in [0, 0.05) is 37.9 Å². The first-order chi connectivity index (χ1) is 7.79. The molecule has 2 rings (SSSR count). The van der Waals surface area contributed by atoms with Gasteiger partial charge in [0.05, 0.1) is 5.69 Å². The second-order valence-electron chi connectivity index (χ2n) is 3.47. The fourth-order valence-electron chi connectivity index (χ4n) is 1.37. The van der Waals surface area contributed by atoms with E-state index in [0.717, 1.165) is 16.6 Å². The van der Waals surface area contributed by atoms with Crippen molar-refractivity contribution in [3.05, 3.63) is 42.0 Å². The van der Waals surface area contributed by atoms with Gasteiger partial charge in [-0.3, -0.25) is 4.98 Å². The molecule has 0 aliphatic carbocycles. The molecule has 0 unspecified atom stereocenters. The molecule has 0 aromatic carbocycles. The summed E-state index contributed by atoms with van der Waals surface area (Å²) < 4.78 is 2.01. The Labute approximate surface area is 98.9 Å². The van der Waals surface area contributed by atoms with Crippen LogP contribution in [-0.2, 0) is 19.3 Å². The molecule has 0 saturated heterocycles. The predicted molar refractivity (Wildman–Crippen MR) is 64.9 cm³/mol. The van der Waals surface area contributed by atoms with Gasteiger partial charge in [-0.1, -0.05) is 11.8 Å². The van der Waals surface area contributed by atoms with Crippen LogP contribution in [0, 0.1) is 0 Å². The van der Waals surface area contributed by atoms with Gasteiger partial charge in [-0.05, 0) is 17.7 Å². The zero-order chi connectivity index (χ0) is 11.4. The predicted octanol–water partition coefficient (Wildman–Crippen LogP) is 1.57. The smallest absolute Gasteiger partial charge is 0.167 e. The zero-order valence-corrected chi connectivity index (χ0v) is 9.94. The molecule has 0 bridgehead atoms. The lowest BCUT2D eigenvalue weighted by Gasteiger charge is -2.03. The number of rotatable bonds is 4. The molecule has 2 aromatic rings. The molecule has 84 valence electrons. The summed E-state index contributed by atoms with van der Waals surface area (Å²) in [6.07, 6.45) is 5.55. The molecule has 0 radical (unpaired) electrons. The molecule has 2 aromatic heterocycles. The standard InChI is InChI=1S/C11H14N4S/c1-15-5-4-14-11(15)16-8-9-2-3-13-10(6-9)7-12/h2-6H,7-8,12H2,1H3. The van der Waals surface area contributed by atoms with Crippen molar-refractivity contribution in [2.75, 3.05) is 0 Å². The van der Waals surface area contributed by atoms with Crippen LogP contribution in [0.25, 0.3) is 0 Å². The summed E-state index contributed by atoms with van der Waals surface area (Å²) in [6, 6.07) is 4.05. The van der Waals surface area contributed by atoms with Crippen molar-refractivity contribution in [2.24, 2.45) is 12.8 Å². The first kappa shape index (κ1) is 11.2. The highest BCUT2D eigenvalue weighted by atomic mass is 32.2. The monoisotopic (exact) mass is 234 g/mol. The van der Waals surface area contributed by atoms with E-state index >= 15 is 0 Å². The van der Waals surface area contributed by atoms with E-state index in [-0.39, 0.29) is 0 Å². The van der Waals surface area contributed by atoms with E-state index in [9.17, 15) is 0 Å². The van der Waals surface area contributed by atoms with E-state index in [1.165, 1.54) is 5.56 Å². The number of pyridine rings is 1. The highest BCUT2D eigenvalue weighted by molar-refractivity contribution is 7.98. The van der Waals surface area contributed by atoms with Crippen molar-refractivity contribution in [3.8, 4) is 0 Å². The molecule has 16 heavy (non-hydrogen) atoms. The average Bonchev–Trinajstić information content (AvgIpc) is 2.72. The minimum atomic E-state index is 0.487. The summed E-state index contributed by atoms with van der Waals surface area (Å²) in [5.74, 6) is 0.889. The summed E-state index contributed by atoms with van der Waals surface area (Å²) in [5, 5.41) is 1.02. The van der Waals surface area contributed by atoms with E-state index in [4.69, 9.17) is 5.73 Å². The minimum absolute atomic E-state index is 0.487. The Morgan fingerprint density at radius 2 is 2.25 bits per heavy atom. The lowest BCUT2D eigenvalue weighted by molar-refractivity contribution is 0.790. The quantitative estimate of drug-likeness (QED) is 0.816. The lowest BCUT2D eigenvalue weighted by Crippen LogP contribution is -1.99. The Kier molecular flexibility index (Phi) is 3.58. The van der Waals surface area contributed by atoms with Gasteiger partial charge in [-0.2, -0.15) is 0 Å². The van der Waals surface area contributed by atoms with Gasteiger partial charge in [0.25, 0.3) is 0 Å². The Morgan fingerprint density at radius 3 is 2.94 bits per heavy atom. The fraction of sp³-hybridized carbons (Fsp3) is 0.273. The third-order valence-corrected chi connectivity index (χ3v) is 3.36. The van der Waals surface area contributed by atoms with Gasteiger partial charge in [0.15, 0.2) is 5.16 Å². The van der Waals surface area contributed by atoms with Crippen LogP contribution in [0.15, 0.2) is 35.9 Å². The van der Waals surface area contributed by atoms with Crippen LogP contribution >= 0.6 is 11.8 Å². The topological polar surface area (TPSA) is 56.7 Å². The summed E-state index contributed by atoms with van der Waals surface area (Å²) in [6.45, 7) is 0.487. The maximum absolute atomic E-state index is 5.55. The average molecular weight is 234 g/mol. The Bertz CT molecular complexity index is 467. The first-order valence-electron chi connectivity index (χ1n) is 5.03. The van der Waals surface area contributed by atoms with Crippen molar-refractivity contribution in [3.63, 3.8) is 0 Å². The van der Waals surface area contributed by atoms with Crippen LogP contribution in [0.4, 0.5) is 0 Å². The van der Waals surface area contributed by atoms with E-state index in [2.05, 4.69) is 9.97 Å². The van der Waals surface area contributed by atoms with Crippen LogP contribution in [0.5, 0.6) is 0 Å². The largest absolute Gasteiger partial charge is 0.329 e. The van der Waals surface area contributed by atoms with Crippen molar-refractivity contribution in [1.82, 2.24) is 14.5 Å². The van der Waals surface area contributed by atoms with Gasteiger partial charge in [-0.15, -0.1) is 0 Å². The fourth-order valence-corrected chi connectivity index (χ4v) is 2.24. The minimum Gasteiger partial charge on any atom is -0.329 e. The Morgan fingerprint density at radius 1 is 1.38 bits per heavy atom. The summed E-state index contributed by atoms with van der Waals surface area (Å²) in [7, 11) is 1.99. The number of imidazole rings is 1. The van der Waals surface area contributed by atoms with Crippen LogP contribution in [-0.4, -0.2) is 14.5 Å². The number of hydrogen-bond donors (Lipinski definition) is 1.